The first-order valence-electron chi connectivity index (χ1n) is 5.58. The molecular weight excluding hydrogens is 200 g/mol. The van der Waals surface area contributed by atoms with Crippen LogP contribution in [-0.2, 0) is 0 Å². The average molecular weight is 220 g/mol. The quantitative estimate of drug-likeness (QED) is 0.775. The van der Waals surface area contributed by atoms with Crippen LogP contribution in [0.1, 0.15) is 32.4 Å². The van der Waals surface area contributed by atoms with Crippen molar-refractivity contribution in [2.75, 3.05) is 18.0 Å². The second kappa shape index (κ2) is 5.66. The lowest BCUT2D eigenvalue weighted by Crippen LogP contribution is -2.25. The molecule has 1 atom stereocenters. The summed E-state index contributed by atoms with van der Waals surface area (Å²) in [6.07, 6.45) is 1.28. The normalized spacial score (nSPS) is 12.2. The first kappa shape index (κ1) is 12.7. The first-order valence-corrected chi connectivity index (χ1v) is 5.58. The van der Waals surface area contributed by atoms with Crippen LogP contribution in [0.3, 0.4) is 0 Å². The van der Waals surface area contributed by atoms with Crippen molar-refractivity contribution in [1.82, 2.24) is 4.98 Å². The number of pyridine rings is 1. The van der Waals surface area contributed by atoms with E-state index < -0.39 is 6.10 Å². The highest BCUT2D eigenvalue weighted by Crippen LogP contribution is 2.18. The van der Waals surface area contributed by atoms with Gasteiger partial charge >= 0.3 is 0 Å². The molecule has 0 aliphatic heterocycles. The van der Waals surface area contributed by atoms with Gasteiger partial charge in [-0.3, -0.25) is 0 Å². The highest BCUT2D eigenvalue weighted by molar-refractivity contribution is 5.42. The highest BCUT2D eigenvalue weighted by Gasteiger charge is 2.08. The Kier molecular flexibility index (Phi) is 4.50. The van der Waals surface area contributed by atoms with Crippen LogP contribution in [-0.4, -0.2) is 23.2 Å². The molecule has 3 nitrogen and oxygen atoms in total. The lowest BCUT2D eigenvalue weighted by atomic mass is 10.1. The molecule has 1 aromatic rings. The molecule has 0 bridgehead atoms. The fourth-order valence-electron chi connectivity index (χ4n) is 1.55. The Morgan fingerprint density at radius 1 is 1.62 bits per heavy atom. The smallest absolute Gasteiger partial charge is 0.129 e. The van der Waals surface area contributed by atoms with Gasteiger partial charge in [-0.05, 0) is 38.5 Å². The molecule has 0 amide bonds. The zero-order valence-corrected chi connectivity index (χ0v) is 10.3. The minimum atomic E-state index is -0.453. The molecular formula is C13H20N2O. The van der Waals surface area contributed by atoms with Crippen LogP contribution in [0.5, 0.6) is 0 Å². The number of likely N-dealkylation sites (N-methyl/N-ethyl adjacent to an activating group) is 1. The summed E-state index contributed by atoms with van der Waals surface area (Å²) < 4.78 is 0. The van der Waals surface area contributed by atoms with Crippen molar-refractivity contribution in [3.8, 4) is 0 Å². The van der Waals surface area contributed by atoms with Crippen molar-refractivity contribution < 1.29 is 5.11 Å². The minimum Gasteiger partial charge on any atom is -0.389 e. The molecule has 0 aromatic carbocycles. The third-order valence-corrected chi connectivity index (χ3v) is 2.42. The van der Waals surface area contributed by atoms with E-state index in [0.29, 0.717) is 0 Å². The second-order valence-corrected chi connectivity index (χ2v) is 4.09. The van der Waals surface area contributed by atoms with E-state index >= 15 is 0 Å². The largest absolute Gasteiger partial charge is 0.389 e. The number of aliphatic hydroxyl groups is 1. The molecule has 0 unspecified atom stereocenters. The molecule has 16 heavy (non-hydrogen) atoms. The van der Waals surface area contributed by atoms with Crippen LogP contribution in [0.15, 0.2) is 30.5 Å². The molecule has 0 aliphatic rings. The van der Waals surface area contributed by atoms with E-state index in [9.17, 15) is 5.11 Å². The molecule has 0 saturated heterocycles. The van der Waals surface area contributed by atoms with Crippen LogP contribution in [0.4, 0.5) is 5.82 Å². The number of aromatic nitrogens is 1. The third kappa shape index (κ3) is 3.35. The molecule has 1 heterocycles. The van der Waals surface area contributed by atoms with E-state index in [2.05, 4.69) is 23.4 Å². The summed E-state index contributed by atoms with van der Waals surface area (Å²) in [6.45, 7) is 11.4. The van der Waals surface area contributed by atoms with Crippen molar-refractivity contribution >= 4 is 5.82 Å². The van der Waals surface area contributed by atoms with Gasteiger partial charge in [0.25, 0.3) is 0 Å². The summed E-state index contributed by atoms with van der Waals surface area (Å²) in [5, 5.41) is 9.52. The van der Waals surface area contributed by atoms with Gasteiger partial charge in [0.05, 0.1) is 6.10 Å². The Morgan fingerprint density at radius 2 is 2.31 bits per heavy atom. The summed E-state index contributed by atoms with van der Waals surface area (Å²) in [4.78, 5) is 6.45. The monoisotopic (exact) mass is 220 g/mol. The van der Waals surface area contributed by atoms with Crippen LogP contribution in [0, 0.1) is 0 Å². The SMILES string of the molecule is C=C(C)CN(CC)c1cc([C@H](C)O)ccn1. The predicted octanol–water partition coefficient (Wildman–Crippen LogP) is 2.54. The van der Waals surface area contributed by atoms with Gasteiger partial charge in [0.15, 0.2) is 0 Å². The van der Waals surface area contributed by atoms with E-state index in [1.807, 2.05) is 19.1 Å². The molecule has 0 saturated carbocycles. The Balaban J connectivity index is 2.92. The van der Waals surface area contributed by atoms with Crippen LogP contribution >= 0.6 is 0 Å². The number of hydrogen-bond donors (Lipinski definition) is 1. The van der Waals surface area contributed by atoms with Crippen molar-refractivity contribution in [1.29, 1.82) is 0 Å². The third-order valence-electron chi connectivity index (χ3n) is 2.42. The fraction of sp³-hybridized carbons (Fsp3) is 0.462. The van der Waals surface area contributed by atoms with Gasteiger partial charge in [-0.25, -0.2) is 4.98 Å². The standard InChI is InChI=1S/C13H20N2O/c1-5-15(9-10(2)3)13-8-12(11(4)16)6-7-14-13/h6-8,11,16H,2,5,9H2,1,3-4H3/t11-/m0/s1. The van der Waals surface area contributed by atoms with Gasteiger partial charge < -0.3 is 10.0 Å². The van der Waals surface area contributed by atoms with Crippen molar-refractivity contribution in [3.05, 3.63) is 36.0 Å². The maximum atomic E-state index is 9.52. The molecule has 1 N–H and O–H groups in total. The topological polar surface area (TPSA) is 36.4 Å². The van der Waals surface area contributed by atoms with E-state index in [4.69, 9.17) is 0 Å². The van der Waals surface area contributed by atoms with Gasteiger partial charge in [-0.15, -0.1) is 0 Å². The van der Waals surface area contributed by atoms with Gasteiger partial charge in [0, 0.05) is 19.3 Å². The Morgan fingerprint density at radius 3 is 2.81 bits per heavy atom. The number of nitrogens with zero attached hydrogens (tertiary/aromatic N) is 2. The lowest BCUT2D eigenvalue weighted by molar-refractivity contribution is 0.199. The van der Waals surface area contributed by atoms with Gasteiger partial charge in [0.1, 0.15) is 5.82 Å². The minimum absolute atomic E-state index is 0.453. The molecule has 0 radical (unpaired) electrons. The van der Waals surface area contributed by atoms with Crippen LogP contribution < -0.4 is 4.90 Å². The maximum Gasteiger partial charge on any atom is 0.129 e. The summed E-state index contributed by atoms with van der Waals surface area (Å²) in [7, 11) is 0. The van der Waals surface area contributed by atoms with Crippen LogP contribution in [0.25, 0.3) is 0 Å². The number of rotatable bonds is 5. The van der Waals surface area contributed by atoms with E-state index in [0.717, 1.165) is 30.0 Å². The van der Waals surface area contributed by atoms with Crippen LogP contribution in [0.2, 0.25) is 0 Å². The van der Waals surface area contributed by atoms with Gasteiger partial charge in [0.2, 0.25) is 0 Å². The second-order valence-electron chi connectivity index (χ2n) is 4.09. The predicted molar refractivity (Wildman–Crippen MR) is 67.6 cm³/mol. The lowest BCUT2D eigenvalue weighted by Gasteiger charge is -2.22. The number of anilines is 1. The molecule has 0 aliphatic carbocycles. The first-order chi connectivity index (χ1) is 7.54. The number of hydrogen-bond acceptors (Lipinski definition) is 3. The maximum absolute atomic E-state index is 9.52. The summed E-state index contributed by atoms with van der Waals surface area (Å²) in [6, 6.07) is 3.76. The molecule has 1 rings (SSSR count). The Bertz CT molecular complexity index is 361. The summed E-state index contributed by atoms with van der Waals surface area (Å²) in [5.41, 5.74) is 2.00. The van der Waals surface area contributed by atoms with Gasteiger partial charge in [-0.2, -0.15) is 0 Å². The van der Waals surface area contributed by atoms with Crippen molar-refractivity contribution in [2.24, 2.45) is 0 Å². The summed E-state index contributed by atoms with van der Waals surface area (Å²) in [5.74, 6) is 0.893. The van der Waals surface area contributed by atoms with Crippen molar-refractivity contribution in [3.63, 3.8) is 0 Å². The fourth-order valence-corrected chi connectivity index (χ4v) is 1.55. The summed E-state index contributed by atoms with van der Waals surface area (Å²) >= 11 is 0. The zero-order chi connectivity index (χ0) is 12.1. The Labute approximate surface area is 97.4 Å². The molecule has 0 spiro atoms. The molecule has 0 fully saturated rings. The highest BCUT2D eigenvalue weighted by atomic mass is 16.3. The number of aliphatic hydroxyl groups excluding tert-OH is 1. The van der Waals surface area contributed by atoms with E-state index in [1.165, 1.54) is 0 Å². The molecule has 3 heteroatoms. The van der Waals surface area contributed by atoms with E-state index in [1.54, 1.807) is 13.1 Å². The molecule has 1 aromatic heterocycles. The van der Waals surface area contributed by atoms with Gasteiger partial charge in [-0.1, -0.05) is 12.2 Å². The van der Waals surface area contributed by atoms with Crippen molar-refractivity contribution in [2.45, 2.75) is 26.9 Å². The Hall–Kier alpha value is -1.35. The average Bonchev–Trinajstić information content (AvgIpc) is 2.25. The zero-order valence-electron chi connectivity index (χ0n) is 10.3. The molecule has 88 valence electrons. The van der Waals surface area contributed by atoms with E-state index in [-0.39, 0.29) is 0 Å².